The van der Waals surface area contributed by atoms with E-state index in [2.05, 4.69) is 39.8 Å². The summed E-state index contributed by atoms with van der Waals surface area (Å²) >= 11 is 0. The maximum atomic E-state index is 14.4. The number of esters is 1. The van der Waals surface area contributed by atoms with E-state index in [1.54, 1.807) is 6.20 Å². The van der Waals surface area contributed by atoms with E-state index in [9.17, 15) is 14.4 Å². The summed E-state index contributed by atoms with van der Waals surface area (Å²) in [4.78, 5) is 39.1. The third-order valence-corrected chi connectivity index (χ3v) is 12.6. The molecule has 0 aliphatic heterocycles. The van der Waals surface area contributed by atoms with Gasteiger partial charge in [0.1, 0.15) is 0 Å². The molecule has 5 aliphatic rings. The van der Waals surface area contributed by atoms with Crippen LogP contribution in [0.1, 0.15) is 91.4 Å². The Balaban J connectivity index is 1.47. The Morgan fingerprint density at radius 2 is 1.82 bits per heavy atom. The molecule has 7 nitrogen and oxygen atoms in total. The van der Waals surface area contributed by atoms with Crippen LogP contribution < -0.4 is 0 Å². The number of carbonyl (C=O) groups excluding carboxylic acids is 3. The first kappa shape index (κ1) is 26.8. The van der Waals surface area contributed by atoms with Gasteiger partial charge in [-0.15, -0.1) is 0 Å². The molecule has 1 unspecified atom stereocenters. The molecule has 5 aliphatic carbocycles. The summed E-state index contributed by atoms with van der Waals surface area (Å²) < 4.78 is 16.8. The lowest BCUT2D eigenvalue weighted by atomic mass is 9.35. The van der Waals surface area contributed by atoms with Crippen molar-refractivity contribution < 1.29 is 28.4 Å². The third-order valence-electron chi connectivity index (χ3n) is 12.6. The average molecular weight is 538 g/mol. The molecule has 39 heavy (non-hydrogen) atoms. The highest BCUT2D eigenvalue weighted by molar-refractivity contribution is 5.95. The highest BCUT2D eigenvalue weighted by atomic mass is 16.6. The van der Waals surface area contributed by atoms with E-state index < -0.39 is 5.60 Å². The molecule has 1 aromatic heterocycles. The minimum Gasteiger partial charge on any atom is -0.469 e. The van der Waals surface area contributed by atoms with Gasteiger partial charge in [0, 0.05) is 22.8 Å². The summed E-state index contributed by atoms with van der Waals surface area (Å²) in [6.45, 7) is 13.9. The van der Waals surface area contributed by atoms with Crippen molar-refractivity contribution in [2.45, 2.75) is 92.1 Å². The first-order valence-corrected chi connectivity index (χ1v) is 14.7. The van der Waals surface area contributed by atoms with Crippen molar-refractivity contribution in [3.63, 3.8) is 0 Å². The first-order valence-electron chi connectivity index (χ1n) is 14.7. The monoisotopic (exact) mass is 537 g/mol. The predicted octanol–water partition coefficient (Wildman–Crippen LogP) is 5.81. The molecule has 1 heterocycles. The van der Waals surface area contributed by atoms with Crippen molar-refractivity contribution >= 4 is 18.2 Å². The molecule has 0 amide bonds. The number of nitrogens with zero attached hydrogens (tertiary/aromatic N) is 1. The summed E-state index contributed by atoms with van der Waals surface area (Å²) in [5.41, 5.74) is 0.360. The predicted molar refractivity (Wildman–Crippen MR) is 143 cm³/mol. The van der Waals surface area contributed by atoms with Crippen LogP contribution in [0.25, 0.3) is 0 Å². The van der Waals surface area contributed by atoms with Gasteiger partial charge in [-0.1, -0.05) is 45.3 Å². The fourth-order valence-electron chi connectivity index (χ4n) is 10.9. The van der Waals surface area contributed by atoms with E-state index in [1.165, 1.54) is 12.7 Å². The molecule has 6 rings (SSSR count). The summed E-state index contributed by atoms with van der Waals surface area (Å²) in [7, 11) is 1.49. The van der Waals surface area contributed by atoms with E-state index in [1.807, 2.05) is 13.0 Å². The van der Waals surface area contributed by atoms with E-state index in [0.717, 1.165) is 44.1 Å². The van der Waals surface area contributed by atoms with Crippen LogP contribution in [-0.2, 0) is 35.9 Å². The Labute approximate surface area is 231 Å². The molecule has 0 spiro atoms. The highest BCUT2D eigenvalue weighted by Crippen LogP contribution is 2.73. The summed E-state index contributed by atoms with van der Waals surface area (Å²) in [5, 5.41) is 4.08. The maximum Gasteiger partial charge on any atom is 0.308 e. The number of ketones is 1. The van der Waals surface area contributed by atoms with Crippen molar-refractivity contribution in [3.8, 4) is 0 Å². The lowest BCUT2D eigenvalue weighted by Gasteiger charge is -2.68. The number of hydrogen-bond donors (Lipinski definition) is 0. The third kappa shape index (κ3) is 3.34. The van der Waals surface area contributed by atoms with Crippen LogP contribution in [0.3, 0.4) is 0 Å². The van der Waals surface area contributed by atoms with Crippen LogP contribution in [0.4, 0.5) is 0 Å². The largest absolute Gasteiger partial charge is 0.469 e. The number of allylic oxidation sites excluding steroid dienone is 2. The second-order valence-corrected chi connectivity index (χ2v) is 14.9. The standard InChI is InChI=1S/C32H43NO6/c1-28(2)14-20-19(21(15-28)27(36)37-7)8-10-31(5)25(20)22(35)12-24-29(3)13-18-16-33-39-26(18)32(6,38-17-34)23(29)9-11-30(24,31)4/h12,16-17,19-21,23,25H,8-11,13-15H2,1-7H3/t19?,20-,21-,23-,25+,29+,30-,31-,32-/m1/s1. The summed E-state index contributed by atoms with van der Waals surface area (Å²) in [5.74, 6) is 0.741. The minimum absolute atomic E-state index is 0.0309. The zero-order valence-corrected chi connectivity index (χ0v) is 24.5. The Morgan fingerprint density at radius 1 is 1.08 bits per heavy atom. The zero-order chi connectivity index (χ0) is 28.2. The molecule has 212 valence electrons. The van der Waals surface area contributed by atoms with E-state index in [-0.39, 0.29) is 63.0 Å². The Bertz CT molecular complexity index is 1260. The SMILES string of the molecule is COC(=O)[C@@H]1CC(C)(C)C[C@@H]2C1CC[C@]1(C)[C@@H]2C(=O)C=C2[C@@]3(C)Cc4cnoc4[C@](C)(OC=O)[C@@H]3CC[C@]21C. The van der Waals surface area contributed by atoms with Crippen molar-refractivity contribution in [2.75, 3.05) is 7.11 Å². The van der Waals surface area contributed by atoms with E-state index >= 15 is 0 Å². The van der Waals surface area contributed by atoms with Gasteiger partial charge in [-0.25, -0.2) is 0 Å². The van der Waals surface area contributed by atoms with Gasteiger partial charge in [0.2, 0.25) is 0 Å². The number of carbonyl (C=O) groups is 3. The van der Waals surface area contributed by atoms with Crippen LogP contribution >= 0.6 is 0 Å². The molecule has 0 radical (unpaired) electrons. The number of aromatic nitrogens is 1. The van der Waals surface area contributed by atoms with Gasteiger partial charge in [0.25, 0.3) is 6.47 Å². The van der Waals surface area contributed by atoms with Gasteiger partial charge >= 0.3 is 5.97 Å². The van der Waals surface area contributed by atoms with Crippen LogP contribution in [0.2, 0.25) is 0 Å². The van der Waals surface area contributed by atoms with Gasteiger partial charge in [-0.05, 0) is 86.0 Å². The van der Waals surface area contributed by atoms with Crippen LogP contribution in [-0.4, -0.2) is 30.5 Å². The molecule has 0 N–H and O–H groups in total. The molecule has 0 bridgehead atoms. The van der Waals surface area contributed by atoms with Crippen LogP contribution in [0.15, 0.2) is 22.4 Å². The lowest BCUT2D eigenvalue weighted by molar-refractivity contribution is -0.184. The molecule has 3 saturated carbocycles. The van der Waals surface area contributed by atoms with Crippen LogP contribution in [0.5, 0.6) is 0 Å². The summed E-state index contributed by atoms with van der Waals surface area (Å²) in [6.07, 6.45) is 9.80. The highest BCUT2D eigenvalue weighted by Gasteiger charge is 2.70. The van der Waals surface area contributed by atoms with Crippen molar-refractivity contribution in [1.29, 1.82) is 0 Å². The first-order chi connectivity index (χ1) is 18.3. The number of methoxy groups -OCH3 is 1. The maximum absolute atomic E-state index is 14.4. The fourth-order valence-corrected chi connectivity index (χ4v) is 10.9. The number of rotatable bonds is 3. The molecule has 1 aromatic rings. The van der Waals surface area contributed by atoms with Crippen molar-refractivity contribution in [2.24, 2.45) is 51.2 Å². The van der Waals surface area contributed by atoms with Crippen molar-refractivity contribution in [3.05, 3.63) is 29.2 Å². The Morgan fingerprint density at radius 3 is 2.51 bits per heavy atom. The second kappa shape index (κ2) is 8.29. The van der Waals surface area contributed by atoms with Crippen molar-refractivity contribution in [1.82, 2.24) is 5.16 Å². The quantitative estimate of drug-likeness (QED) is 0.355. The molecule has 0 aromatic carbocycles. The molecular formula is C32H43NO6. The Kier molecular flexibility index (Phi) is 5.69. The number of fused-ring (bicyclic) bond motifs is 8. The van der Waals surface area contributed by atoms with E-state index in [4.69, 9.17) is 14.0 Å². The normalized spacial score (nSPS) is 45.9. The number of hydrogen-bond acceptors (Lipinski definition) is 7. The Hall–Kier alpha value is -2.44. The molecular weight excluding hydrogens is 494 g/mol. The van der Waals surface area contributed by atoms with Gasteiger partial charge in [0.15, 0.2) is 17.1 Å². The van der Waals surface area contributed by atoms with Crippen LogP contribution in [0, 0.1) is 51.2 Å². The van der Waals surface area contributed by atoms with Gasteiger partial charge in [-0.3, -0.25) is 14.4 Å². The molecule has 9 atom stereocenters. The average Bonchev–Trinajstić information content (AvgIpc) is 3.33. The summed E-state index contributed by atoms with van der Waals surface area (Å²) in [6, 6.07) is 0. The fraction of sp³-hybridized carbons (Fsp3) is 0.750. The zero-order valence-electron chi connectivity index (χ0n) is 24.5. The molecule has 0 saturated heterocycles. The minimum atomic E-state index is -0.942. The molecule has 7 heteroatoms. The number of ether oxygens (including phenoxy) is 2. The molecule has 3 fully saturated rings. The lowest BCUT2D eigenvalue weighted by Crippen LogP contribution is -2.64. The van der Waals surface area contributed by atoms with Gasteiger partial charge in [-0.2, -0.15) is 0 Å². The van der Waals surface area contributed by atoms with E-state index in [0.29, 0.717) is 18.7 Å². The van der Waals surface area contributed by atoms with Gasteiger partial charge < -0.3 is 14.0 Å². The van der Waals surface area contributed by atoms with Gasteiger partial charge in [0.05, 0.1) is 19.2 Å². The topological polar surface area (TPSA) is 95.7 Å². The second-order valence-electron chi connectivity index (χ2n) is 14.9. The smallest absolute Gasteiger partial charge is 0.308 e.